The van der Waals surface area contributed by atoms with E-state index in [0.29, 0.717) is 0 Å². The molecule has 1 saturated heterocycles. The van der Waals surface area contributed by atoms with Crippen molar-refractivity contribution in [3.63, 3.8) is 0 Å². The third kappa shape index (κ3) is 4.39. The number of imide groups is 1. The summed E-state index contributed by atoms with van der Waals surface area (Å²) in [6.45, 7) is 24.2. The van der Waals surface area contributed by atoms with E-state index in [2.05, 4.69) is 40.4 Å². The number of rotatable bonds is 6. The highest BCUT2D eigenvalue weighted by atomic mass is 28.4. The molecule has 0 aromatic rings. The Bertz CT molecular complexity index is 563. The molecule has 1 heterocycles. The lowest BCUT2D eigenvalue weighted by Gasteiger charge is -2.40. The molecule has 0 saturated carbocycles. The Labute approximate surface area is 160 Å². The lowest BCUT2D eigenvalue weighted by molar-refractivity contribution is -0.135. The van der Waals surface area contributed by atoms with Gasteiger partial charge in [-0.1, -0.05) is 40.7 Å². The van der Waals surface area contributed by atoms with Crippen LogP contribution < -0.4 is 0 Å². The third-order valence-corrected chi connectivity index (χ3v) is 10.3. The van der Waals surface area contributed by atoms with Gasteiger partial charge in [0, 0.05) is 0 Å². The van der Waals surface area contributed by atoms with Gasteiger partial charge in [0.25, 0.3) is 0 Å². The molecule has 1 rings (SSSR count). The molecule has 1 fully saturated rings. The minimum Gasteiger partial charge on any atom is -0.441 e. The molecule has 0 aromatic carbocycles. The van der Waals surface area contributed by atoms with Gasteiger partial charge in [0.2, 0.25) is 5.91 Å². The van der Waals surface area contributed by atoms with Gasteiger partial charge in [0.15, 0.2) is 8.32 Å². The molecule has 0 aromatic heterocycles. The van der Waals surface area contributed by atoms with Crippen LogP contribution in [0.1, 0.15) is 55.4 Å². The topological polar surface area (TPSA) is 55.8 Å². The van der Waals surface area contributed by atoms with Gasteiger partial charge in [0.05, 0.1) is 18.1 Å². The normalized spacial score (nSPS) is 23.0. The van der Waals surface area contributed by atoms with Gasteiger partial charge in [-0.05, 0) is 44.8 Å². The zero-order valence-corrected chi connectivity index (χ0v) is 19.2. The SMILES string of the molecule is C=CC(C(=O)N1C(=O)OC(C)(C)C1C(C)C)[C@@H](C)O[Si](C)(C)C(C)(C)C. The van der Waals surface area contributed by atoms with Gasteiger partial charge in [-0.3, -0.25) is 4.79 Å². The van der Waals surface area contributed by atoms with Crippen LogP contribution >= 0.6 is 0 Å². The molecule has 26 heavy (non-hydrogen) atoms. The zero-order valence-electron chi connectivity index (χ0n) is 18.2. The third-order valence-electron chi connectivity index (χ3n) is 5.74. The van der Waals surface area contributed by atoms with E-state index in [0.717, 1.165) is 0 Å². The van der Waals surface area contributed by atoms with E-state index >= 15 is 0 Å². The quantitative estimate of drug-likeness (QED) is 0.479. The summed E-state index contributed by atoms with van der Waals surface area (Å²) in [7, 11) is -2.05. The average Bonchev–Trinajstić information content (AvgIpc) is 2.66. The minimum atomic E-state index is -2.05. The molecule has 0 bridgehead atoms. The summed E-state index contributed by atoms with van der Waals surface area (Å²) >= 11 is 0. The van der Waals surface area contributed by atoms with Crippen LogP contribution in [0.2, 0.25) is 18.1 Å². The molecule has 1 aliphatic rings. The maximum atomic E-state index is 13.3. The van der Waals surface area contributed by atoms with E-state index in [-0.39, 0.29) is 29.0 Å². The van der Waals surface area contributed by atoms with Crippen molar-refractivity contribution in [1.29, 1.82) is 0 Å². The molecule has 0 spiro atoms. The van der Waals surface area contributed by atoms with Crippen LogP contribution in [0.4, 0.5) is 4.79 Å². The molecule has 0 N–H and O–H groups in total. The Morgan fingerprint density at radius 3 is 2.19 bits per heavy atom. The molecule has 150 valence electrons. The first-order valence-electron chi connectivity index (χ1n) is 9.43. The average molecular weight is 384 g/mol. The lowest BCUT2D eigenvalue weighted by Crippen LogP contribution is -2.52. The Hall–Kier alpha value is -1.14. The summed E-state index contributed by atoms with van der Waals surface area (Å²) in [4.78, 5) is 27.0. The Kier molecular flexibility index (Phi) is 6.58. The van der Waals surface area contributed by atoms with Crippen LogP contribution in [0, 0.1) is 11.8 Å². The summed E-state index contributed by atoms with van der Waals surface area (Å²) in [5, 5.41) is 0.0328. The van der Waals surface area contributed by atoms with Gasteiger partial charge >= 0.3 is 6.09 Å². The summed E-state index contributed by atoms with van der Waals surface area (Å²) in [5.41, 5.74) is -0.712. The predicted molar refractivity (Wildman–Crippen MR) is 107 cm³/mol. The summed E-state index contributed by atoms with van der Waals surface area (Å²) in [5.74, 6) is -0.796. The molecule has 5 nitrogen and oxygen atoms in total. The number of hydrogen-bond donors (Lipinski definition) is 0. The standard InChI is InChI=1S/C20H37NO4Si/c1-12-15(14(4)25-26(10,11)19(5,6)7)17(22)21-16(13(2)3)20(8,9)24-18(21)23/h12-16H,1H2,2-11H3/t14-,15?,16?/m1/s1. The first-order valence-corrected chi connectivity index (χ1v) is 12.3. The van der Waals surface area contributed by atoms with E-state index in [1.165, 1.54) is 4.90 Å². The Morgan fingerprint density at radius 2 is 1.81 bits per heavy atom. The molecule has 0 aliphatic carbocycles. The Balaban J connectivity index is 3.12. The van der Waals surface area contributed by atoms with Crippen LogP contribution in [0.3, 0.4) is 0 Å². The van der Waals surface area contributed by atoms with Crippen molar-refractivity contribution < 1.29 is 18.8 Å². The minimum absolute atomic E-state index is 0.0328. The first kappa shape index (κ1) is 22.9. The van der Waals surface area contributed by atoms with Crippen molar-refractivity contribution in [2.75, 3.05) is 0 Å². The van der Waals surface area contributed by atoms with Gasteiger partial charge < -0.3 is 9.16 Å². The van der Waals surface area contributed by atoms with E-state index in [4.69, 9.17) is 9.16 Å². The van der Waals surface area contributed by atoms with Crippen LogP contribution in [0.5, 0.6) is 0 Å². The van der Waals surface area contributed by atoms with Gasteiger partial charge in [-0.25, -0.2) is 9.69 Å². The van der Waals surface area contributed by atoms with Gasteiger partial charge in [-0.2, -0.15) is 0 Å². The summed E-state index contributed by atoms with van der Waals surface area (Å²) in [6, 6.07) is -0.315. The van der Waals surface area contributed by atoms with Crippen LogP contribution in [0.25, 0.3) is 0 Å². The number of nitrogens with zero attached hydrogens (tertiary/aromatic N) is 1. The maximum Gasteiger partial charge on any atom is 0.417 e. The molecule has 6 heteroatoms. The van der Waals surface area contributed by atoms with Crippen molar-refractivity contribution in [3.05, 3.63) is 12.7 Å². The molecule has 2 amide bonds. The van der Waals surface area contributed by atoms with Crippen LogP contribution in [-0.4, -0.2) is 43.0 Å². The molecule has 0 radical (unpaired) electrons. The number of amides is 2. The fraction of sp³-hybridized carbons (Fsp3) is 0.800. The second-order valence-corrected chi connectivity index (χ2v) is 14.5. The second-order valence-electron chi connectivity index (χ2n) is 9.71. The van der Waals surface area contributed by atoms with Crippen LogP contribution in [0.15, 0.2) is 12.7 Å². The van der Waals surface area contributed by atoms with Crippen molar-refractivity contribution in [1.82, 2.24) is 4.90 Å². The largest absolute Gasteiger partial charge is 0.441 e. The van der Waals surface area contributed by atoms with Crippen molar-refractivity contribution in [2.45, 2.75) is 91.3 Å². The van der Waals surface area contributed by atoms with Gasteiger partial charge in [-0.15, -0.1) is 6.58 Å². The number of cyclic esters (lactones) is 1. The summed E-state index contributed by atoms with van der Waals surface area (Å²) in [6.07, 6.45) is 0.658. The molecular formula is C20H37NO4Si. The maximum absolute atomic E-state index is 13.3. The highest BCUT2D eigenvalue weighted by Crippen LogP contribution is 2.39. The second kappa shape index (κ2) is 7.47. The number of hydrogen-bond acceptors (Lipinski definition) is 4. The summed E-state index contributed by atoms with van der Waals surface area (Å²) < 4.78 is 11.9. The van der Waals surface area contributed by atoms with E-state index < -0.39 is 25.9 Å². The number of carbonyl (C=O) groups excluding carboxylic acids is 2. The van der Waals surface area contributed by atoms with Crippen molar-refractivity contribution in [2.24, 2.45) is 11.8 Å². The molecule has 2 unspecified atom stereocenters. The van der Waals surface area contributed by atoms with E-state index in [1.807, 2.05) is 34.6 Å². The predicted octanol–water partition coefficient (Wildman–Crippen LogP) is 4.98. The first-order chi connectivity index (χ1) is 11.6. The van der Waals surface area contributed by atoms with Crippen molar-refractivity contribution in [3.8, 4) is 0 Å². The highest BCUT2D eigenvalue weighted by Gasteiger charge is 2.53. The number of carbonyl (C=O) groups is 2. The fourth-order valence-electron chi connectivity index (χ4n) is 3.46. The highest BCUT2D eigenvalue weighted by molar-refractivity contribution is 6.74. The smallest absolute Gasteiger partial charge is 0.417 e. The molecule has 3 atom stereocenters. The molecule has 1 aliphatic heterocycles. The fourth-order valence-corrected chi connectivity index (χ4v) is 4.89. The van der Waals surface area contributed by atoms with E-state index in [9.17, 15) is 9.59 Å². The van der Waals surface area contributed by atoms with Crippen LogP contribution in [-0.2, 0) is 14.0 Å². The zero-order chi connectivity index (χ0) is 20.7. The lowest BCUT2D eigenvalue weighted by atomic mass is 9.88. The number of ether oxygens (including phenoxy) is 1. The molecular weight excluding hydrogens is 346 g/mol. The van der Waals surface area contributed by atoms with Crippen molar-refractivity contribution >= 4 is 20.3 Å². The Morgan fingerprint density at radius 1 is 1.31 bits per heavy atom. The van der Waals surface area contributed by atoms with E-state index in [1.54, 1.807) is 6.08 Å². The van der Waals surface area contributed by atoms with Gasteiger partial charge in [0.1, 0.15) is 5.60 Å². The monoisotopic (exact) mass is 383 g/mol.